The first-order chi connectivity index (χ1) is 11.7. The van der Waals surface area contributed by atoms with Gasteiger partial charge in [0, 0.05) is 12.1 Å². The summed E-state index contributed by atoms with van der Waals surface area (Å²) < 4.78 is 11.1. The summed E-state index contributed by atoms with van der Waals surface area (Å²) in [7, 11) is 0. The molecule has 24 heavy (non-hydrogen) atoms. The van der Waals surface area contributed by atoms with Crippen molar-refractivity contribution in [3.63, 3.8) is 0 Å². The second kappa shape index (κ2) is 7.05. The molecule has 1 unspecified atom stereocenters. The summed E-state index contributed by atoms with van der Waals surface area (Å²) in [6, 6.07) is 14.7. The topological polar surface area (TPSA) is 71.4 Å². The smallest absolute Gasteiger partial charge is 0.224 e. The molecule has 1 heterocycles. The number of hydrogen-bond donors (Lipinski definition) is 1. The molecule has 5 nitrogen and oxygen atoms in total. The Morgan fingerprint density at radius 2 is 1.88 bits per heavy atom. The first-order valence-electron chi connectivity index (χ1n) is 7.85. The van der Waals surface area contributed by atoms with E-state index < -0.39 is 0 Å². The maximum Gasteiger partial charge on any atom is 0.224 e. The van der Waals surface area contributed by atoms with Crippen LogP contribution in [0.4, 0.5) is 5.69 Å². The Kier molecular flexibility index (Phi) is 4.66. The summed E-state index contributed by atoms with van der Waals surface area (Å²) in [5.41, 5.74) is 2.29. The van der Waals surface area contributed by atoms with Crippen molar-refractivity contribution in [2.24, 2.45) is 0 Å². The zero-order valence-electron chi connectivity index (χ0n) is 13.4. The van der Waals surface area contributed by atoms with Crippen LogP contribution in [-0.2, 0) is 4.79 Å². The number of ether oxygens (including phenoxy) is 2. The maximum atomic E-state index is 12.2. The van der Waals surface area contributed by atoms with E-state index in [0.717, 1.165) is 17.1 Å². The van der Waals surface area contributed by atoms with Gasteiger partial charge in [0.2, 0.25) is 5.91 Å². The lowest BCUT2D eigenvalue weighted by molar-refractivity contribution is -0.116. The zero-order valence-corrected chi connectivity index (χ0v) is 13.4. The molecular weight excluding hydrogens is 304 g/mol. The fourth-order valence-electron chi connectivity index (χ4n) is 2.60. The predicted octanol–water partition coefficient (Wildman–Crippen LogP) is 3.46. The average Bonchev–Trinajstić information content (AvgIpc) is 2.61. The molecule has 0 aliphatic carbocycles. The zero-order chi connectivity index (χ0) is 16.9. The molecule has 0 spiro atoms. The molecule has 0 saturated carbocycles. The van der Waals surface area contributed by atoms with Crippen molar-refractivity contribution < 1.29 is 14.3 Å². The number of fused-ring (bicyclic) bond motifs is 1. The van der Waals surface area contributed by atoms with Crippen molar-refractivity contribution in [1.29, 1.82) is 5.26 Å². The molecule has 1 atom stereocenters. The number of amides is 1. The maximum absolute atomic E-state index is 12.2. The van der Waals surface area contributed by atoms with Crippen LogP contribution in [0.3, 0.4) is 0 Å². The van der Waals surface area contributed by atoms with Crippen LogP contribution in [0.2, 0.25) is 0 Å². The number of nitriles is 1. The van der Waals surface area contributed by atoms with E-state index in [1.54, 1.807) is 24.3 Å². The van der Waals surface area contributed by atoms with Crippen LogP contribution in [0.25, 0.3) is 0 Å². The summed E-state index contributed by atoms with van der Waals surface area (Å²) in [6.45, 7) is 3.11. The van der Waals surface area contributed by atoms with Crippen molar-refractivity contribution in [3.8, 4) is 17.6 Å². The van der Waals surface area contributed by atoms with Crippen molar-refractivity contribution in [1.82, 2.24) is 0 Å². The summed E-state index contributed by atoms with van der Waals surface area (Å²) in [4.78, 5) is 12.2. The van der Waals surface area contributed by atoms with E-state index in [4.69, 9.17) is 14.7 Å². The van der Waals surface area contributed by atoms with E-state index in [-0.39, 0.29) is 11.8 Å². The lowest BCUT2D eigenvalue weighted by Crippen LogP contribution is -2.16. The summed E-state index contributed by atoms with van der Waals surface area (Å²) >= 11 is 0. The predicted molar refractivity (Wildman–Crippen MR) is 90.3 cm³/mol. The lowest BCUT2D eigenvalue weighted by atomic mass is 9.97. The molecule has 3 rings (SSSR count). The molecule has 2 aromatic carbocycles. The van der Waals surface area contributed by atoms with Crippen molar-refractivity contribution in [2.45, 2.75) is 19.3 Å². The van der Waals surface area contributed by atoms with Gasteiger partial charge in [-0.05, 0) is 47.9 Å². The third-order valence-corrected chi connectivity index (χ3v) is 3.92. The van der Waals surface area contributed by atoms with Crippen LogP contribution in [-0.4, -0.2) is 19.1 Å². The Bertz CT molecular complexity index is 778. The highest BCUT2D eigenvalue weighted by atomic mass is 16.6. The monoisotopic (exact) mass is 322 g/mol. The van der Waals surface area contributed by atoms with Crippen molar-refractivity contribution in [3.05, 3.63) is 53.6 Å². The number of nitrogens with zero attached hydrogens (tertiary/aromatic N) is 1. The molecule has 122 valence electrons. The van der Waals surface area contributed by atoms with Crippen LogP contribution in [0.5, 0.6) is 11.5 Å². The van der Waals surface area contributed by atoms with E-state index in [9.17, 15) is 4.79 Å². The van der Waals surface area contributed by atoms with Crippen molar-refractivity contribution in [2.75, 3.05) is 18.5 Å². The van der Waals surface area contributed by atoms with E-state index in [1.807, 2.05) is 25.1 Å². The molecule has 1 aliphatic heterocycles. The molecule has 5 heteroatoms. The number of carbonyl (C=O) groups is 1. The SMILES string of the molecule is CC(CC(=O)Nc1ccc(C#N)cc1)c1ccc2c(c1)OCCO2. The molecule has 1 N–H and O–H groups in total. The third kappa shape index (κ3) is 3.66. The molecule has 0 aromatic heterocycles. The Labute approximate surface area is 140 Å². The first kappa shape index (κ1) is 15.9. The van der Waals surface area contributed by atoms with Gasteiger partial charge in [0.1, 0.15) is 13.2 Å². The highest BCUT2D eigenvalue weighted by Crippen LogP contribution is 2.33. The number of rotatable bonds is 4. The van der Waals surface area contributed by atoms with Gasteiger partial charge >= 0.3 is 0 Å². The number of benzene rings is 2. The molecule has 0 bridgehead atoms. The summed E-state index contributed by atoms with van der Waals surface area (Å²) in [5.74, 6) is 1.47. The van der Waals surface area contributed by atoms with E-state index >= 15 is 0 Å². The summed E-state index contributed by atoms with van der Waals surface area (Å²) in [5, 5.41) is 11.6. The molecule has 0 fully saturated rings. The molecular formula is C19H18N2O3. The second-order valence-electron chi connectivity index (χ2n) is 5.75. The van der Waals surface area contributed by atoms with Gasteiger partial charge in [-0.2, -0.15) is 5.26 Å². The molecule has 2 aromatic rings. The van der Waals surface area contributed by atoms with Crippen LogP contribution >= 0.6 is 0 Å². The number of carbonyl (C=O) groups excluding carboxylic acids is 1. The number of hydrogen-bond acceptors (Lipinski definition) is 4. The highest BCUT2D eigenvalue weighted by Gasteiger charge is 2.16. The third-order valence-electron chi connectivity index (χ3n) is 3.92. The highest BCUT2D eigenvalue weighted by molar-refractivity contribution is 5.91. The number of anilines is 1. The van der Waals surface area contributed by atoms with Gasteiger partial charge < -0.3 is 14.8 Å². The Morgan fingerprint density at radius 1 is 1.17 bits per heavy atom. The van der Waals surface area contributed by atoms with Gasteiger partial charge in [0.05, 0.1) is 11.6 Å². The Morgan fingerprint density at radius 3 is 2.58 bits per heavy atom. The largest absolute Gasteiger partial charge is 0.486 e. The van der Waals surface area contributed by atoms with Gasteiger partial charge in [-0.1, -0.05) is 13.0 Å². The lowest BCUT2D eigenvalue weighted by Gasteiger charge is -2.20. The molecule has 1 amide bonds. The van der Waals surface area contributed by atoms with Crippen LogP contribution in [0, 0.1) is 11.3 Å². The molecule has 0 saturated heterocycles. The van der Waals surface area contributed by atoms with Gasteiger partial charge in [0.15, 0.2) is 11.5 Å². The first-order valence-corrected chi connectivity index (χ1v) is 7.85. The minimum absolute atomic E-state index is 0.0548. The van der Waals surface area contributed by atoms with E-state index in [0.29, 0.717) is 30.9 Å². The van der Waals surface area contributed by atoms with Crippen LogP contribution in [0.15, 0.2) is 42.5 Å². The second-order valence-corrected chi connectivity index (χ2v) is 5.75. The minimum Gasteiger partial charge on any atom is -0.486 e. The van der Waals surface area contributed by atoms with Gasteiger partial charge in [-0.15, -0.1) is 0 Å². The molecule has 1 aliphatic rings. The van der Waals surface area contributed by atoms with Crippen LogP contribution in [0.1, 0.15) is 30.4 Å². The number of nitrogens with one attached hydrogen (secondary N) is 1. The fraction of sp³-hybridized carbons (Fsp3) is 0.263. The standard InChI is InChI=1S/C19H18N2O3/c1-13(15-4-7-17-18(11-15)24-9-8-23-17)10-19(22)21-16-5-2-14(12-20)3-6-16/h2-7,11,13H,8-10H2,1H3,(H,21,22). The summed E-state index contributed by atoms with van der Waals surface area (Å²) in [6.07, 6.45) is 0.361. The molecule has 0 radical (unpaired) electrons. The van der Waals surface area contributed by atoms with Gasteiger partial charge in [-0.25, -0.2) is 0 Å². The Balaban J connectivity index is 1.62. The quantitative estimate of drug-likeness (QED) is 0.935. The van der Waals surface area contributed by atoms with E-state index in [2.05, 4.69) is 11.4 Å². The van der Waals surface area contributed by atoms with Crippen molar-refractivity contribution >= 4 is 11.6 Å². The van der Waals surface area contributed by atoms with Gasteiger partial charge in [-0.3, -0.25) is 4.79 Å². The van der Waals surface area contributed by atoms with Crippen LogP contribution < -0.4 is 14.8 Å². The van der Waals surface area contributed by atoms with E-state index in [1.165, 1.54) is 0 Å². The van der Waals surface area contributed by atoms with Gasteiger partial charge in [0.25, 0.3) is 0 Å². The normalized spacial score (nSPS) is 13.7. The fourth-order valence-corrected chi connectivity index (χ4v) is 2.60. The minimum atomic E-state index is -0.0675. The Hall–Kier alpha value is -3.00. The average molecular weight is 322 g/mol.